The van der Waals surface area contributed by atoms with Gasteiger partial charge in [-0.15, -0.1) is 0 Å². The molecule has 1 nitrogen and oxygen atoms in total. The molecule has 1 heteroatoms. The third-order valence-electron chi connectivity index (χ3n) is 3.53. The molecule has 20 heavy (non-hydrogen) atoms. The Morgan fingerprint density at radius 2 is 1.75 bits per heavy atom. The number of rotatable bonds is 6. The second kappa shape index (κ2) is 7.64. The van der Waals surface area contributed by atoms with Crippen LogP contribution < -0.4 is 5.32 Å². The summed E-state index contributed by atoms with van der Waals surface area (Å²) in [7, 11) is 0. The minimum absolute atomic E-state index is 0.233. The maximum Gasteiger partial charge on any atom is -0.00139 e. The molecular formula is C19H31N. The second-order valence-electron chi connectivity index (χ2n) is 7.10. The Kier molecular flexibility index (Phi) is 6.48. The highest BCUT2D eigenvalue weighted by Crippen LogP contribution is 2.24. The van der Waals surface area contributed by atoms with E-state index in [9.17, 15) is 0 Å². The molecule has 0 bridgehead atoms. The molecular weight excluding hydrogens is 242 g/mol. The molecule has 0 radical (unpaired) electrons. The molecule has 1 aromatic carbocycles. The highest BCUT2D eigenvalue weighted by atomic mass is 14.8. The van der Waals surface area contributed by atoms with Gasteiger partial charge in [0.05, 0.1) is 0 Å². The third-order valence-corrected chi connectivity index (χ3v) is 3.53. The van der Waals surface area contributed by atoms with E-state index < -0.39 is 0 Å². The van der Waals surface area contributed by atoms with Crippen LogP contribution in [0.4, 0.5) is 0 Å². The summed E-state index contributed by atoms with van der Waals surface area (Å²) in [6.07, 6.45) is 3.43. The number of benzene rings is 1. The van der Waals surface area contributed by atoms with Gasteiger partial charge in [0, 0.05) is 0 Å². The van der Waals surface area contributed by atoms with E-state index in [0.717, 1.165) is 25.4 Å². The molecule has 0 unspecified atom stereocenters. The summed E-state index contributed by atoms with van der Waals surface area (Å²) in [5, 5.41) is 3.48. The van der Waals surface area contributed by atoms with Crippen LogP contribution in [0.2, 0.25) is 0 Å². The highest BCUT2D eigenvalue weighted by molar-refractivity contribution is 5.63. The van der Waals surface area contributed by atoms with Crippen LogP contribution in [-0.4, -0.2) is 13.1 Å². The Hall–Kier alpha value is -1.08. The smallest absolute Gasteiger partial charge is 0.00139 e. The first-order chi connectivity index (χ1) is 9.30. The van der Waals surface area contributed by atoms with Gasteiger partial charge in [-0.05, 0) is 54.5 Å². The van der Waals surface area contributed by atoms with E-state index in [1.54, 1.807) is 0 Å². The van der Waals surface area contributed by atoms with Crippen LogP contribution in [0.1, 0.15) is 59.1 Å². The number of hydrogen-bond donors (Lipinski definition) is 1. The van der Waals surface area contributed by atoms with Crippen molar-refractivity contribution < 1.29 is 0 Å². The molecule has 0 saturated carbocycles. The van der Waals surface area contributed by atoms with Crippen molar-refractivity contribution in [2.75, 3.05) is 13.1 Å². The van der Waals surface area contributed by atoms with Gasteiger partial charge in [-0.1, -0.05) is 65.0 Å². The Balaban J connectivity index is 2.52. The topological polar surface area (TPSA) is 12.0 Å². The van der Waals surface area contributed by atoms with Crippen LogP contribution in [0, 0.1) is 5.92 Å². The average Bonchev–Trinajstić information content (AvgIpc) is 2.37. The van der Waals surface area contributed by atoms with E-state index in [1.165, 1.54) is 16.7 Å². The van der Waals surface area contributed by atoms with Crippen molar-refractivity contribution in [3.8, 4) is 0 Å². The lowest BCUT2D eigenvalue weighted by molar-refractivity contribution is 0.557. The minimum atomic E-state index is 0.233. The Labute approximate surface area is 125 Å². The van der Waals surface area contributed by atoms with Gasteiger partial charge in [-0.3, -0.25) is 0 Å². The third kappa shape index (κ3) is 5.92. The van der Waals surface area contributed by atoms with Crippen molar-refractivity contribution in [2.45, 2.75) is 53.4 Å². The van der Waals surface area contributed by atoms with Crippen molar-refractivity contribution in [1.82, 2.24) is 5.32 Å². The van der Waals surface area contributed by atoms with Gasteiger partial charge < -0.3 is 5.32 Å². The van der Waals surface area contributed by atoms with Gasteiger partial charge in [-0.2, -0.15) is 0 Å². The molecule has 0 amide bonds. The predicted octanol–water partition coefficient (Wildman–Crippen LogP) is 5.02. The van der Waals surface area contributed by atoms with Crippen LogP contribution in [0.5, 0.6) is 0 Å². The first-order valence-electron chi connectivity index (χ1n) is 7.79. The molecule has 0 fully saturated rings. The fourth-order valence-electron chi connectivity index (χ4n) is 2.13. The van der Waals surface area contributed by atoms with Crippen molar-refractivity contribution in [2.24, 2.45) is 5.92 Å². The fourth-order valence-corrected chi connectivity index (χ4v) is 2.13. The van der Waals surface area contributed by atoms with Gasteiger partial charge in [0.15, 0.2) is 0 Å². The molecule has 0 atom stereocenters. The molecule has 1 rings (SSSR count). The maximum atomic E-state index is 3.48. The quantitative estimate of drug-likeness (QED) is 0.717. The van der Waals surface area contributed by atoms with E-state index in [-0.39, 0.29) is 5.41 Å². The monoisotopic (exact) mass is 273 g/mol. The second-order valence-corrected chi connectivity index (χ2v) is 7.10. The minimum Gasteiger partial charge on any atom is -0.316 e. The average molecular weight is 273 g/mol. The first kappa shape index (κ1) is 17.0. The lowest BCUT2D eigenvalue weighted by Crippen LogP contribution is -2.20. The number of allylic oxidation sites excluding steroid dienone is 1. The number of hydrogen-bond acceptors (Lipinski definition) is 1. The molecule has 0 aliphatic carbocycles. The maximum absolute atomic E-state index is 3.48. The van der Waals surface area contributed by atoms with Crippen molar-refractivity contribution >= 4 is 5.57 Å². The summed E-state index contributed by atoms with van der Waals surface area (Å²) in [6, 6.07) is 9.00. The highest BCUT2D eigenvalue weighted by Gasteiger charge is 2.12. The lowest BCUT2D eigenvalue weighted by atomic mass is 9.86. The van der Waals surface area contributed by atoms with Gasteiger partial charge in [0.1, 0.15) is 0 Å². The molecule has 0 saturated heterocycles. The molecule has 112 valence electrons. The van der Waals surface area contributed by atoms with Crippen LogP contribution in [0.15, 0.2) is 30.3 Å². The normalized spacial score (nSPS) is 13.1. The van der Waals surface area contributed by atoms with E-state index in [1.807, 2.05) is 0 Å². The van der Waals surface area contributed by atoms with E-state index in [2.05, 4.69) is 77.2 Å². The number of nitrogens with one attached hydrogen (secondary N) is 1. The summed E-state index contributed by atoms with van der Waals surface area (Å²) in [6.45, 7) is 15.6. The van der Waals surface area contributed by atoms with Gasteiger partial charge >= 0.3 is 0 Å². The van der Waals surface area contributed by atoms with Crippen molar-refractivity contribution in [1.29, 1.82) is 0 Å². The largest absolute Gasteiger partial charge is 0.316 e. The lowest BCUT2D eigenvalue weighted by Gasteiger charge is -2.19. The van der Waals surface area contributed by atoms with E-state index in [0.29, 0.717) is 0 Å². The first-order valence-corrected chi connectivity index (χ1v) is 7.79. The summed E-state index contributed by atoms with van der Waals surface area (Å²) in [5.41, 5.74) is 4.34. The summed E-state index contributed by atoms with van der Waals surface area (Å²) < 4.78 is 0. The zero-order valence-corrected chi connectivity index (χ0v) is 14.1. The predicted molar refractivity (Wildman–Crippen MR) is 91.1 cm³/mol. The van der Waals surface area contributed by atoms with Gasteiger partial charge in [-0.25, -0.2) is 0 Å². The molecule has 0 spiro atoms. The van der Waals surface area contributed by atoms with Gasteiger partial charge in [0.25, 0.3) is 0 Å². The molecule has 0 aromatic heterocycles. The summed E-state index contributed by atoms with van der Waals surface area (Å²) in [4.78, 5) is 0. The standard InChI is InChI=1S/C19H31N/c1-15(2)14-20-13-7-8-16(3)17-9-11-18(12-10-17)19(4,5)6/h8-12,15,20H,7,13-14H2,1-6H3. The zero-order valence-electron chi connectivity index (χ0n) is 14.1. The zero-order chi connectivity index (χ0) is 15.2. The van der Waals surface area contributed by atoms with Crippen LogP contribution in [0.3, 0.4) is 0 Å². The molecule has 1 aromatic rings. The molecule has 0 aliphatic rings. The van der Waals surface area contributed by atoms with Crippen LogP contribution in [-0.2, 0) is 5.41 Å². The van der Waals surface area contributed by atoms with Crippen LogP contribution >= 0.6 is 0 Å². The van der Waals surface area contributed by atoms with Crippen molar-refractivity contribution in [3.63, 3.8) is 0 Å². The van der Waals surface area contributed by atoms with E-state index >= 15 is 0 Å². The summed E-state index contributed by atoms with van der Waals surface area (Å²) in [5.74, 6) is 0.727. The Morgan fingerprint density at radius 3 is 2.25 bits per heavy atom. The van der Waals surface area contributed by atoms with E-state index in [4.69, 9.17) is 0 Å². The fraction of sp³-hybridized carbons (Fsp3) is 0.579. The van der Waals surface area contributed by atoms with Gasteiger partial charge in [0.2, 0.25) is 0 Å². The Morgan fingerprint density at radius 1 is 1.15 bits per heavy atom. The summed E-state index contributed by atoms with van der Waals surface area (Å²) >= 11 is 0. The molecule has 1 N–H and O–H groups in total. The Bertz CT molecular complexity index is 418. The molecule has 0 heterocycles. The van der Waals surface area contributed by atoms with Crippen LogP contribution in [0.25, 0.3) is 5.57 Å². The van der Waals surface area contributed by atoms with Crippen molar-refractivity contribution in [3.05, 3.63) is 41.5 Å². The SMILES string of the molecule is CC(=CCCNCC(C)C)c1ccc(C(C)(C)C)cc1. The molecule has 0 aliphatic heterocycles.